The third kappa shape index (κ3) is 3.45. The summed E-state index contributed by atoms with van der Waals surface area (Å²) in [5.41, 5.74) is 1.51. The molecule has 0 bridgehead atoms. The van der Waals surface area contributed by atoms with E-state index in [2.05, 4.69) is 38.4 Å². The summed E-state index contributed by atoms with van der Waals surface area (Å²) in [7, 11) is 0. The van der Waals surface area contributed by atoms with Crippen molar-refractivity contribution in [2.45, 2.75) is 33.1 Å². The summed E-state index contributed by atoms with van der Waals surface area (Å²) in [5, 5.41) is 13.2. The number of halogens is 1. The van der Waals surface area contributed by atoms with Gasteiger partial charge in [-0.25, -0.2) is 0 Å². The Morgan fingerprint density at radius 1 is 1.39 bits per heavy atom. The molecule has 1 amide bonds. The van der Waals surface area contributed by atoms with Crippen LogP contribution in [0, 0.1) is 6.92 Å². The van der Waals surface area contributed by atoms with Crippen molar-refractivity contribution >= 4 is 49.3 Å². The highest BCUT2D eigenvalue weighted by molar-refractivity contribution is 9.10. The Labute approximate surface area is 146 Å². The first-order valence-electron chi connectivity index (χ1n) is 7.41. The number of hydrogen-bond donors (Lipinski definition) is 1. The number of unbranched alkanes of at least 4 members (excludes halogenated alkanes) is 1. The molecule has 0 unspecified atom stereocenters. The summed E-state index contributed by atoms with van der Waals surface area (Å²) < 4.78 is 6.63. The number of carbonyl (C=O) groups excluding carboxylic acids is 1. The lowest BCUT2D eigenvalue weighted by Crippen LogP contribution is -2.11. The van der Waals surface area contributed by atoms with E-state index < -0.39 is 0 Å². The molecule has 1 N–H and O–H groups in total. The molecule has 3 rings (SSSR count). The zero-order valence-corrected chi connectivity index (χ0v) is 15.3. The van der Waals surface area contributed by atoms with Gasteiger partial charge in [-0.15, -0.1) is 10.2 Å². The van der Waals surface area contributed by atoms with Gasteiger partial charge in [0.15, 0.2) is 5.76 Å². The van der Waals surface area contributed by atoms with Crippen molar-refractivity contribution < 1.29 is 9.21 Å². The van der Waals surface area contributed by atoms with Gasteiger partial charge in [-0.2, -0.15) is 0 Å². The SMILES string of the molecule is CCCCc1nnc(NC(=O)c2oc3ccc(Br)cc3c2C)s1. The van der Waals surface area contributed by atoms with Crippen LogP contribution in [0.25, 0.3) is 11.0 Å². The lowest BCUT2D eigenvalue weighted by molar-refractivity contribution is 0.0998. The van der Waals surface area contributed by atoms with Gasteiger partial charge < -0.3 is 4.42 Å². The van der Waals surface area contributed by atoms with Crippen LogP contribution in [-0.2, 0) is 6.42 Å². The standard InChI is InChI=1S/C16H16BrN3O2S/c1-3-4-5-13-19-20-16(23-13)18-15(21)14-9(2)11-8-10(17)6-7-12(11)22-14/h6-8H,3-5H2,1-2H3,(H,18,20,21). The molecule has 2 heterocycles. The van der Waals surface area contributed by atoms with Crippen LogP contribution in [0.4, 0.5) is 5.13 Å². The molecule has 7 heteroatoms. The zero-order valence-electron chi connectivity index (χ0n) is 12.9. The van der Waals surface area contributed by atoms with Crippen LogP contribution in [0.3, 0.4) is 0 Å². The molecule has 0 aliphatic heterocycles. The zero-order chi connectivity index (χ0) is 16.4. The number of aryl methyl sites for hydroxylation is 2. The number of hydrogen-bond acceptors (Lipinski definition) is 5. The predicted octanol–water partition coefficient (Wildman–Crippen LogP) is 4.95. The second-order valence-corrected chi connectivity index (χ2v) is 7.23. The number of amides is 1. The van der Waals surface area contributed by atoms with Crippen molar-refractivity contribution in [3.05, 3.63) is 39.0 Å². The Hall–Kier alpha value is -1.73. The summed E-state index contributed by atoms with van der Waals surface area (Å²) in [6.07, 6.45) is 3.07. The van der Waals surface area contributed by atoms with Crippen LogP contribution in [0.15, 0.2) is 27.1 Å². The van der Waals surface area contributed by atoms with Crippen LogP contribution in [0.1, 0.15) is 40.9 Å². The highest BCUT2D eigenvalue weighted by Gasteiger charge is 2.19. The fraction of sp³-hybridized carbons (Fsp3) is 0.312. The molecule has 1 aromatic carbocycles. The Balaban J connectivity index is 1.80. The fourth-order valence-electron chi connectivity index (χ4n) is 2.30. The first kappa shape index (κ1) is 16.1. The van der Waals surface area contributed by atoms with E-state index in [0.29, 0.717) is 16.5 Å². The van der Waals surface area contributed by atoms with E-state index in [-0.39, 0.29) is 5.91 Å². The molecule has 0 radical (unpaired) electrons. The minimum atomic E-state index is -0.298. The number of benzene rings is 1. The maximum absolute atomic E-state index is 12.4. The largest absolute Gasteiger partial charge is 0.451 e. The van der Waals surface area contributed by atoms with Crippen LogP contribution in [-0.4, -0.2) is 16.1 Å². The van der Waals surface area contributed by atoms with Gasteiger partial charge in [0.1, 0.15) is 10.6 Å². The van der Waals surface area contributed by atoms with Gasteiger partial charge in [0.05, 0.1) is 0 Å². The smallest absolute Gasteiger partial charge is 0.293 e. The third-order valence-corrected chi connectivity index (χ3v) is 4.93. The second kappa shape index (κ2) is 6.80. The van der Waals surface area contributed by atoms with E-state index in [0.717, 1.165) is 39.7 Å². The normalized spacial score (nSPS) is 11.1. The van der Waals surface area contributed by atoms with E-state index in [1.54, 1.807) is 0 Å². The highest BCUT2D eigenvalue weighted by Crippen LogP contribution is 2.29. The molecule has 0 aliphatic rings. The van der Waals surface area contributed by atoms with Gasteiger partial charge in [0, 0.05) is 21.8 Å². The molecule has 2 aromatic heterocycles. The minimum absolute atomic E-state index is 0.298. The van der Waals surface area contributed by atoms with Gasteiger partial charge >= 0.3 is 0 Å². The maximum Gasteiger partial charge on any atom is 0.293 e. The number of aromatic nitrogens is 2. The van der Waals surface area contributed by atoms with Crippen LogP contribution in [0.2, 0.25) is 0 Å². The summed E-state index contributed by atoms with van der Waals surface area (Å²) >= 11 is 4.84. The van der Waals surface area contributed by atoms with E-state index >= 15 is 0 Å². The molecule has 0 atom stereocenters. The molecule has 23 heavy (non-hydrogen) atoms. The number of fused-ring (bicyclic) bond motifs is 1. The molecule has 0 fully saturated rings. The average molecular weight is 394 g/mol. The molecular weight excluding hydrogens is 378 g/mol. The number of furan rings is 1. The average Bonchev–Trinajstić information content (AvgIpc) is 3.10. The van der Waals surface area contributed by atoms with Gasteiger partial charge in [0.2, 0.25) is 5.13 Å². The Morgan fingerprint density at radius 2 is 2.22 bits per heavy atom. The van der Waals surface area contributed by atoms with Gasteiger partial charge in [0.25, 0.3) is 5.91 Å². The molecule has 5 nitrogen and oxygen atoms in total. The summed E-state index contributed by atoms with van der Waals surface area (Å²) in [4.78, 5) is 12.4. The summed E-state index contributed by atoms with van der Waals surface area (Å²) in [6, 6.07) is 5.67. The summed E-state index contributed by atoms with van der Waals surface area (Å²) in [6.45, 7) is 4.01. The van der Waals surface area contributed by atoms with Gasteiger partial charge in [-0.3, -0.25) is 10.1 Å². The quantitative estimate of drug-likeness (QED) is 0.665. The molecular formula is C16H16BrN3O2S. The first-order chi connectivity index (χ1) is 11.1. The number of nitrogens with zero attached hydrogens (tertiary/aromatic N) is 2. The van der Waals surface area contributed by atoms with Crippen molar-refractivity contribution in [3.63, 3.8) is 0 Å². The second-order valence-electron chi connectivity index (χ2n) is 5.26. The lowest BCUT2D eigenvalue weighted by Gasteiger charge is -1.98. The first-order valence-corrected chi connectivity index (χ1v) is 9.02. The van der Waals surface area contributed by atoms with E-state index in [4.69, 9.17) is 4.42 Å². The van der Waals surface area contributed by atoms with Crippen LogP contribution < -0.4 is 5.32 Å². The molecule has 0 aliphatic carbocycles. The Bertz CT molecular complexity index is 856. The highest BCUT2D eigenvalue weighted by atomic mass is 79.9. The van der Waals surface area contributed by atoms with E-state index in [1.807, 2.05) is 25.1 Å². The third-order valence-electron chi connectivity index (χ3n) is 3.54. The van der Waals surface area contributed by atoms with Crippen LogP contribution in [0.5, 0.6) is 0 Å². The van der Waals surface area contributed by atoms with Gasteiger partial charge in [-0.1, -0.05) is 40.6 Å². The molecule has 3 aromatic rings. The van der Waals surface area contributed by atoms with Crippen molar-refractivity contribution in [1.29, 1.82) is 0 Å². The predicted molar refractivity (Wildman–Crippen MR) is 95.1 cm³/mol. The van der Waals surface area contributed by atoms with Crippen molar-refractivity contribution in [3.8, 4) is 0 Å². The number of rotatable bonds is 5. The topological polar surface area (TPSA) is 68.0 Å². The Kier molecular flexibility index (Phi) is 4.77. The molecule has 0 saturated carbocycles. The van der Waals surface area contributed by atoms with Crippen molar-refractivity contribution in [1.82, 2.24) is 10.2 Å². The van der Waals surface area contributed by atoms with E-state index in [1.165, 1.54) is 11.3 Å². The monoisotopic (exact) mass is 393 g/mol. The van der Waals surface area contributed by atoms with Crippen molar-refractivity contribution in [2.24, 2.45) is 0 Å². The number of carbonyl (C=O) groups is 1. The molecule has 0 spiro atoms. The fourth-order valence-corrected chi connectivity index (χ4v) is 3.43. The van der Waals surface area contributed by atoms with Crippen molar-refractivity contribution in [2.75, 3.05) is 5.32 Å². The van der Waals surface area contributed by atoms with E-state index in [9.17, 15) is 4.79 Å². The number of nitrogens with one attached hydrogen (secondary N) is 1. The molecule has 120 valence electrons. The van der Waals surface area contributed by atoms with Crippen LogP contribution >= 0.6 is 27.3 Å². The van der Waals surface area contributed by atoms with Gasteiger partial charge in [-0.05, 0) is 31.5 Å². The lowest BCUT2D eigenvalue weighted by atomic mass is 10.1. The minimum Gasteiger partial charge on any atom is -0.451 e. The Morgan fingerprint density at radius 3 is 3.00 bits per heavy atom. The molecule has 0 saturated heterocycles. The maximum atomic E-state index is 12.4. The number of anilines is 1. The summed E-state index contributed by atoms with van der Waals surface area (Å²) in [5.74, 6) is 0.0106.